The van der Waals surface area contributed by atoms with Crippen LogP contribution in [0.2, 0.25) is 0 Å². The Morgan fingerprint density at radius 3 is 2.54 bits per heavy atom. The van der Waals surface area contributed by atoms with Crippen LogP contribution in [-0.2, 0) is 23.9 Å². The van der Waals surface area contributed by atoms with E-state index in [1.54, 1.807) is 17.0 Å². The lowest BCUT2D eigenvalue weighted by molar-refractivity contribution is -0.141. The van der Waals surface area contributed by atoms with Gasteiger partial charge in [0, 0.05) is 61.9 Å². The zero-order chi connectivity index (χ0) is 32.4. The number of anilines is 2. The molecule has 2 aliphatic rings. The van der Waals surface area contributed by atoms with E-state index in [0.29, 0.717) is 55.3 Å². The molecule has 0 radical (unpaired) electrons. The van der Waals surface area contributed by atoms with E-state index >= 15 is 0 Å². The van der Waals surface area contributed by atoms with Gasteiger partial charge >= 0.3 is 6.18 Å². The summed E-state index contributed by atoms with van der Waals surface area (Å²) in [6.45, 7) is 5.56. The predicted octanol–water partition coefficient (Wildman–Crippen LogP) is 3.83. The number of aromatic nitrogens is 5. The van der Waals surface area contributed by atoms with E-state index in [1.165, 1.54) is 29.2 Å². The number of hydrogen-bond acceptors (Lipinski definition) is 7. The zero-order valence-electron chi connectivity index (χ0n) is 25.3. The molecule has 4 aromatic rings. The molecule has 0 unspecified atom stereocenters. The fourth-order valence-electron chi connectivity index (χ4n) is 6.14. The van der Waals surface area contributed by atoms with Crippen molar-refractivity contribution in [1.82, 2.24) is 39.3 Å². The summed E-state index contributed by atoms with van der Waals surface area (Å²) in [7, 11) is 0. The molecule has 2 fully saturated rings. The number of fused-ring (bicyclic) bond motifs is 1. The van der Waals surface area contributed by atoms with Gasteiger partial charge in [-0.2, -0.15) is 18.3 Å². The summed E-state index contributed by atoms with van der Waals surface area (Å²) in [6.07, 6.45) is 8.49. The molecule has 2 amide bonds. The lowest BCUT2D eigenvalue weighted by Gasteiger charge is -2.37. The van der Waals surface area contributed by atoms with Gasteiger partial charge in [0.1, 0.15) is 6.54 Å². The smallest absolute Gasteiger partial charge is 0.339 e. The van der Waals surface area contributed by atoms with E-state index < -0.39 is 11.9 Å². The lowest BCUT2D eigenvalue weighted by Crippen LogP contribution is -2.52. The van der Waals surface area contributed by atoms with Crippen molar-refractivity contribution >= 4 is 29.0 Å². The second-order valence-electron chi connectivity index (χ2n) is 11.4. The molecule has 3 aromatic heterocycles. The number of aryl methyl sites for hydroxylation is 1. The largest absolute Gasteiger partial charge is 0.435 e. The third-order valence-electron chi connectivity index (χ3n) is 8.53. The van der Waals surface area contributed by atoms with Crippen LogP contribution in [0.3, 0.4) is 0 Å². The molecule has 0 bridgehead atoms. The predicted molar refractivity (Wildman–Crippen MR) is 165 cm³/mol. The number of halogens is 3. The summed E-state index contributed by atoms with van der Waals surface area (Å²) in [4.78, 5) is 38.9. The number of benzene rings is 1. The van der Waals surface area contributed by atoms with Gasteiger partial charge in [-0.1, -0.05) is 12.8 Å². The molecule has 0 atom stereocenters. The maximum Gasteiger partial charge on any atom is 0.435 e. The molecule has 2 aliphatic heterocycles. The molecule has 2 N–H and O–H groups in total. The van der Waals surface area contributed by atoms with Gasteiger partial charge < -0.3 is 20.4 Å². The molecular formula is C32H34F3N9O2. The quantitative estimate of drug-likeness (QED) is 0.298. The number of alkyl halides is 3. The van der Waals surface area contributed by atoms with Crippen molar-refractivity contribution in [2.24, 2.45) is 5.92 Å². The highest BCUT2D eigenvalue weighted by Gasteiger charge is 2.38. The van der Waals surface area contributed by atoms with E-state index in [-0.39, 0.29) is 35.5 Å². The fraction of sp³-hybridized carbons (Fsp3) is 0.406. The number of nitrogens with one attached hydrogen (secondary N) is 2. The van der Waals surface area contributed by atoms with E-state index in [4.69, 9.17) is 6.42 Å². The van der Waals surface area contributed by atoms with E-state index in [9.17, 15) is 22.8 Å². The number of nitrogens with zero attached hydrogens (tertiary/aromatic N) is 7. The van der Waals surface area contributed by atoms with E-state index in [0.717, 1.165) is 36.2 Å². The number of piperidine rings is 1. The molecule has 11 nitrogen and oxygen atoms in total. The number of hydrogen-bond donors (Lipinski definition) is 2. The number of carbonyl (C=O) groups is 2. The third-order valence-corrected chi connectivity index (χ3v) is 8.53. The summed E-state index contributed by atoms with van der Waals surface area (Å²) in [5.74, 6) is 2.79. The monoisotopic (exact) mass is 633 g/mol. The Hall–Kier alpha value is -4.90. The number of carbonyl (C=O) groups excluding carboxylic acids is 2. The zero-order valence-corrected chi connectivity index (χ0v) is 25.3. The first kappa shape index (κ1) is 31.1. The first-order valence-electron chi connectivity index (χ1n) is 15.3. The maximum atomic E-state index is 13.8. The van der Waals surface area contributed by atoms with Crippen molar-refractivity contribution in [1.29, 1.82) is 0 Å². The number of imidazole rings is 1. The number of terminal acetylenes is 1. The average molecular weight is 634 g/mol. The standard InChI is InChI=1S/C32H34F3N9O2/c1-3-12-43-20-25(27(40-43)32(33,34)35)26-19-38-29-28(37-11-13-44(26)29)39-23-5-6-24(21(4-2)18-23)31(46)42-16-14-41(15-17-42)30(45)22-7-9-36-10-8-22/h1,5-6,11,13,18-20,22,36H,4,7-10,12,14-17H2,2H3,(H,37,39). The molecule has 1 aromatic carbocycles. The van der Waals surface area contributed by atoms with Crippen LogP contribution in [0.25, 0.3) is 16.9 Å². The number of rotatable bonds is 7. The van der Waals surface area contributed by atoms with Gasteiger partial charge in [-0.25, -0.2) is 9.97 Å². The second kappa shape index (κ2) is 12.8. The molecule has 46 heavy (non-hydrogen) atoms. The first-order valence-corrected chi connectivity index (χ1v) is 15.3. The summed E-state index contributed by atoms with van der Waals surface area (Å²) >= 11 is 0. The van der Waals surface area contributed by atoms with Gasteiger partial charge in [0.25, 0.3) is 5.91 Å². The molecule has 6 rings (SSSR count). The van der Waals surface area contributed by atoms with Crippen LogP contribution in [0.1, 0.15) is 41.4 Å². The Bertz CT molecular complexity index is 1790. The highest BCUT2D eigenvalue weighted by Crippen LogP contribution is 2.37. The van der Waals surface area contributed by atoms with Crippen LogP contribution < -0.4 is 10.6 Å². The van der Waals surface area contributed by atoms with Gasteiger partial charge in [-0.05, 0) is 56.1 Å². The van der Waals surface area contributed by atoms with Crippen molar-refractivity contribution in [2.45, 2.75) is 38.9 Å². The molecule has 0 aliphatic carbocycles. The van der Waals surface area contributed by atoms with Crippen molar-refractivity contribution in [3.63, 3.8) is 0 Å². The van der Waals surface area contributed by atoms with Gasteiger partial charge in [-0.3, -0.25) is 18.7 Å². The van der Waals surface area contributed by atoms with Gasteiger partial charge in [0.05, 0.1) is 17.5 Å². The van der Waals surface area contributed by atoms with Crippen LogP contribution in [-0.4, -0.2) is 85.0 Å². The van der Waals surface area contributed by atoms with E-state index in [2.05, 4.69) is 31.6 Å². The minimum atomic E-state index is -4.69. The fourth-order valence-corrected chi connectivity index (χ4v) is 6.14. The Kier molecular flexibility index (Phi) is 8.68. The molecule has 5 heterocycles. The molecule has 14 heteroatoms. The molecule has 0 spiro atoms. The number of amides is 2. The topological polar surface area (TPSA) is 113 Å². The van der Waals surface area contributed by atoms with Crippen LogP contribution in [0, 0.1) is 18.3 Å². The molecule has 0 saturated carbocycles. The second-order valence-corrected chi connectivity index (χ2v) is 11.4. The maximum absolute atomic E-state index is 13.8. The van der Waals surface area contributed by atoms with Crippen molar-refractivity contribution in [2.75, 3.05) is 44.6 Å². The summed E-state index contributed by atoms with van der Waals surface area (Å²) in [5, 5.41) is 10.2. The summed E-state index contributed by atoms with van der Waals surface area (Å²) < 4.78 is 44.1. The van der Waals surface area contributed by atoms with Gasteiger partial charge in [0.15, 0.2) is 17.2 Å². The first-order chi connectivity index (χ1) is 22.2. The van der Waals surface area contributed by atoms with Crippen molar-refractivity contribution in [3.8, 4) is 23.6 Å². The van der Waals surface area contributed by atoms with E-state index in [1.807, 2.05) is 17.9 Å². The highest BCUT2D eigenvalue weighted by molar-refractivity contribution is 5.96. The number of piperazine rings is 1. The SMILES string of the molecule is C#CCn1cc(-c2cnc3c(Nc4ccc(C(=O)N5CCN(C(=O)C6CCNCC6)CC5)c(CC)c4)nccn23)c(C(F)(F)F)n1. The molecule has 2 saturated heterocycles. The van der Waals surface area contributed by atoms with Crippen LogP contribution >= 0.6 is 0 Å². The highest BCUT2D eigenvalue weighted by atomic mass is 19.4. The normalized spacial score (nSPS) is 16.1. The minimum Gasteiger partial charge on any atom is -0.339 e. The van der Waals surface area contributed by atoms with Crippen molar-refractivity contribution in [3.05, 3.63) is 59.8 Å². The summed E-state index contributed by atoms with van der Waals surface area (Å²) in [6, 6.07) is 5.40. The van der Waals surface area contributed by atoms with Crippen LogP contribution in [0.5, 0.6) is 0 Å². The Morgan fingerprint density at radius 2 is 1.85 bits per heavy atom. The van der Waals surface area contributed by atoms with Gasteiger partial charge in [-0.15, -0.1) is 6.42 Å². The Balaban J connectivity index is 1.19. The van der Waals surface area contributed by atoms with Crippen LogP contribution in [0.4, 0.5) is 24.7 Å². The minimum absolute atomic E-state index is 0.0550. The Morgan fingerprint density at radius 1 is 1.11 bits per heavy atom. The van der Waals surface area contributed by atoms with Gasteiger partial charge in [0.2, 0.25) is 5.91 Å². The Labute approximate surface area is 263 Å². The summed E-state index contributed by atoms with van der Waals surface area (Å²) in [5.41, 5.74) is 1.35. The molecule has 240 valence electrons. The lowest BCUT2D eigenvalue weighted by atomic mass is 9.96. The molecular weight excluding hydrogens is 599 g/mol. The van der Waals surface area contributed by atoms with Crippen LogP contribution in [0.15, 0.2) is 43.0 Å². The third kappa shape index (κ3) is 6.15. The average Bonchev–Trinajstić information content (AvgIpc) is 3.70. The van der Waals surface area contributed by atoms with Crippen molar-refractivity contribution < 1.29 is 22.8 Å².